The summed E-state index contributed by atoms with van der Waals surface area (Å²) in [5, 5.41) is 0.748. The lowest BCUT2D eigenvalue weighted by Crippen LogP contribution is -2.33. The lowest BCUT2D eigenvalue weighted by molar-refractivity contribution is -0.130. The molecule has 20 heavy (non-hydrogen) atoms. The van der Waals surface area contributed by atoms with Crippen LogP contribution in [0.15, 0.2) is 24.3 Å². The van der Waals surface area contributed by atoms with E-state index >= 15 is 0 Å². The highest BCUT2D eigenvalue weighted by atomic mass is 127. The largest absolute Gasteiger partial charge is 0.314 e. The molecule has 0 saturated carbocycles. The predicted molar refractivity (Wildman–Crippen MR) is 93.9 cm³/mol. The first kappa shape index (κ1) is 16.0. The molecule has 1 aliphatic rings. The van der Waals surface area contributed by atoms with Gasteiger partial charge in [0.2, 0.25) is 5.91 Å². The van der Waals surface area contributed by atoms with Crippen molar-refractivity contribution in [2.75, 3.05) is 6.54 Å². The Labute approximate surface area is 142 Å². The molecule has 0 aromatic heterocycles. The molecule has 0 N–H and O–H groups in total. The molecule has 2 unspecified atom stereocenters. The molecule has 1 saturated heterocycles. The third-order valence-electron chi connectivity index (χ3n) is 3.16. The number of benzene rings is 1. The van der Waals surface area contributed by atoms with E-state index in [1.165, 1.54) is 0 Å². The fourth-order valence-electron chi connectivity index (χ4n) is 2.15. The fraction of sp³-hybridized carbons (Fsp3) is 0.400. The Morgan fingerprint density at radius 2 is 2.05 bits per heavy atom. The Hall–Kier alpha value is -0.380. The van der Waals surface area contributed by atoms with Gasteiger partial charge in [0, 0.05) is 27.6 Å². The fourth-order valence-corrected chi connectivity index (χ4v) is 3.93. The number of hydrogen-bond acceptors (Lipinski definition) is 2. The molecule has 2 rings (SSSR count). The van der Waals surface area contributed by atoms with Gasteiger partial charge in [-0.2, -0.15) is 0 Å². The normalized spacial score (nSPS) is 22.1. The molecule has 1 heterocycles. The molecule has 0 radical (unpaired) electrons. The van der Waals surface area contributed by atoms with Crippen molar-refractivity contribution in [1.82, 2.24) is 4.90 Å². The average Bonchev–Trinajstić information content (AvgIpc) is 2.75. The Bertz CT molecular complexity index is 549. The predicted octanol–water partition coefficient (Wildman–Crippen LogP) is 4.33. The maximum absolute atomic E-state index is 12.5. The van der Waals surface area contributed by atoms with Crippen molar-refractivity contribution in [2.45, 2.75) is 24.5 Å². The van der Waals surface area contributed by atoms with Gasteiger partial charge < -0.3 is 4.90 Å². The van der Waals surface area contributed by atoms with E-state index in [1.807, 2.05) is 51.8 Å². The van der Waals surface area contributed by atoms with Gasteiger partial charge in [-0.25, -0.2) is 0 Å². The van der Waals surface area contributed by atoms with Gasteiger partial charge in [-0.05, 0) is 27.5 Å². The van der Waals surface area contributed by atoms with Gasteiger partial charge in [0.05, 0.1) is 11.8 Å². The summed E-state index contributed by atoms with van der Waals surface area (Å²) in [6.07, 6.45) is 0. The highest BCUT2D eigenvalue weighted by Crippen LogP contribution is 2.45. The van der Waals surface area contributed by atoms with E-state index in [4.69, 9.17) is 11.6 Å². The number of amides is 1. The van der Waals surface area contributed by atoms with Crippen LogP contribution < -0.4 is 0 Å². The van der Waals surface area contributed by atoms with Crippen molar-refractivity contribution in [3.63, 3.8) is 0 Å². The van der Waals surface area contributed by atoms with Gasteiger partial charge in [-0.15, -0.1) is 11.8 Å². The molecule has 0 aliphatic carbocycles. The standard InChI is InChI=1S/C15H15ClINOS/c1-10(2)13-14(19)18(9-3-8-17)15(20-13)11-4-6-12(16)7-5-11/h4-7,10,13,15H,9H2,1-2H3. The molecular formula is C15H15ClINOS. The summed E-state index contributed by atoms with van der Waals surface area (Å²) < 4.78 is 2.84. The van der Waals surface area contributed by atoms with Crippen molar-refractivity contribution >= 4 is 51.9 Å². The van der Waals surface area contributed by atoms with Crippen LogP contribution in [0.3, 0.4) is 0 Å². The van der Waals surface area contributed by atoms with Gasteiger partial charge in [0.25, 0.3) is 0 Å². The van der Waals surface area contributed by atoms with Crippen LogP contribution in [0.1, 0.15) is 24.8 Å². The highest BCUT2D eigenvalue weighted by Gasteiger charge is 2.41. The van der Waals surface area contributed by atoms with E-state index in [0.717, 1.165) is 5.56 Å². The lowest BCUT2D eigenvalue weighted by atomic mass is 10.1. The van der Waals surface area contributed by atoms with E-state index in [-0.39, 0.29) is 16.5 Å². The minimum absolute atomic E-state index is 0.00619. The zero-order chi connectivity index (χ0) is 14.7. The first-order valence-electron chi connectivity index (χ1n) is 6.34. The minimum atomic E-state index is 0.00619. The maximum atomic E-state index is 12.5. The number of hydrogen-bond donors (Lipinski definition) is 0. The molecular weight excluding hydrogens is 405 g/mol. The molecule has 0 bridgehead atoms. The molecule has 2 atom stereocenters. The molecule has 2 nitrogen and oxygen atoms in total. The second-order valence-electron chi connectivity index (χ2n) is 4.94. The number of halogens is 2. The summed E-state index contributed by atoms with van der Waals surface area (Å²) in [6, 6.07) is 7.71. The van der Waals surface area contributed by atoms with Crippen LogP contribution in [0.4, 0.5) is 0 Å². The van der Waals surface area contributed by atoms with Gasteiger partial charge in [0.1, 0.15) is 5.37 Å². The van der Waals surface area contributed by atoms with Crippen molar-refractivity contribution in [3.8, 4) is 9.85 Å². The van der Waals surface area contributed by atoms with Crippen molar-refractivity contribution < 1.29 is 4.79 Å². The number of nitrogens with zero attached hydrogens (tertiary/aromatic N) is 1. The quantitative estimate of drug-likeness (QED) is 0.537. The van der Waals surface area contributed by atoms with Crippen LogP contribution in [0.5, 0.6) is 0 Å². The molecule has 5 heteroatoms. The molecule has 1 aromatic carbocycles. The summed E-state index contributed by atoms with van der Waals surface area (Å²) in [6.45, 7) is 4.65. The molecule has 106 valence electrons. The Morgan fingerprint density at radius 1 is 1.40 bits per heavy atom. The second-order valence-corrected chi connectivity index (χ2v) is 7.14. The summed E-state index contributed by atoms with van der Waals surface area (Å²) in [5.41, 5.74) is 1.10. The zero-order valence-corrected chi connectivity index (χ0v) is 15.0. The van der Waals surface area contributed by atoms with E-state index in [1.54, 1.807) is 11.8 Å². The van der Waals surface area contributed by atoms with Gasteiger partial charge >= 0.3 is 0 Å². The van der Waals surface area contributed by atoms with E-state index in [9.17, 15) is 4.79 Å². The van der Waals surface area contributed by atoms with Gasteiger partial charge in [-0.1, -0.05) is 43.5 Å². The molecule has 1 aliphatic heterocycles. The molecule has 1 amide bonds. The average molecular weight is 420 g/mol. The summed E-state index contributed by atoms with van der Waals surface area (Å²) >= 11 is 9.65. The monoisotopic (exact) mass is 419 g/mol. The van der Waals surface area contributed by atoms with Crippen molar-refractivity contribution in [2.24, 2.45) is 5.92 Å². The van der Waals surface area contributed by atoms with E-state index < -0.39 is 0 Å². The number of rotatable bonds is 3. The number of carbonyl (C=O) groups excluding carboxylic acids is 1. The highest BCUT2D eigenvalue weighted by molar-refractivity contribution is 14.1. The van der Waals surface area contributed by atoms with Crippen molar-refractivity contribution in [1.29, 1.82) is 0 Å². The topological polar surface area (TPSA) is 20.3 Å². The Morgan fingerprint density at radius 3 is 2.60 bits per heavy atom. The van der Waals surface area contributed by atoms with E-state index in [2.05, 4.69) is 23.7 Å². The first-order chi connectivity index (χ1) is 9.54. The van der Waals surface area contributed by atoms with Crippen LogP contribution >= 0.6 is 46.0 Å². The maximum Gasteiger partial charge on any atom is 0.238 e. The summed E-state index contributed by atoms with van der Waals surface area (Å²) in [7, 11) is 0. The third-order valence-corrected chi connectivity index (χ3v) is 5.62. The Kier molecular flexibility index (Phi) is 5.65. The second kappa shape index (κ2) is 7.06. The minimum Gasteiger partial charge on any atom is -0.314 e. The first-order valence-corrected chi connectivity index (χ1v) is 8.74. The number of thioether (sulfide) groups is 1. The van der Waals surface area contributed by atoms with Gasteiger partial charge in [-0.3, -0.25) is 4.79 Å². The van der Waals surface area contributed by atoms with Crippen LogP contribution in [-0.2, 0) is 4.79 Å². The van der Waals surface area contributed by atoms with Gasteiger partial charge in [0.15, 0.2) is 0 Å². The van der Waals surface area contributed by atoms with Crippen LogP contribution in [0, 0.1) is 15.8 Å². The van der Waals surface area contributed by atoms with Crippen LogP contribution in [0.25, 0.3) is 0 Å². The zero-order valence-electron chi connectivity index (χ0n) is 11.3. The SMILES string of the molecule is CC(C)C1SC(c2ccc(Cl)cc2)N(CC#CI)C1=O. The molecule has 1 aromatic rings. The third kappa shape index (κ3) is 3.44. The smallest absolute Gasteiger partial charge is 0.238 e. The molecule has 1 fully saturated rings. The Balaban J connectivity index is 2.29. The molecule has 0 spiro atoms. The van der Waals surface area contributed by atoms with Crippen LogP contribution in [0.2, 0.25) is 5.02 Å². The lowest BCUT2D eigenvalue weighted by Gasteiger charge is -2.21. The van der Waals surface area contributed by atoms with E-state index in [0.29, 0.717) is 17.5 Å². The summed E-state index contributed by atoms with van der Waals surface area (Å²) in [5.74, 6) is 3.50. The van der Waals surface area contributed by atoms with Crippen molar-refractivity contribution in [3.05, 3.63) is 34.9 Å². The summed E-state index contributed by atoms with van der Waals surface area (Å²) in [4.78, 5) is 14.4. The van der Waals surface area contributed by atoms with Crippen LogP contribution in [-0.4, -0.2) is 22.6 Å². The number of carbonyl (C=O) groups is 1.